The lowest BCUT2D eigenvalue weighted by atomic mass is 10.1. The third kappa shape index (κ3) is 4.06. The predicted molar refractivity (Wildman–Crippen MR) is 61.3 cm³/mol. The second-order valence-corrected chi connectivity index (χ2v) is 3.28. The molecule has 0 saturated heterocycles. The van der Waals surface area contributed by atoms with Gasteiger partial charge in [-0.2, -0.15) is 0 Å². The zero-order chi connectivity index (χ0) is 12.8. The van der Waals surface area contributed by atoms with Crippen LogP contribution >= 0.6 is 0 Å². The summed E-state index contributed by atoms with van der Waals surface area (Å²) in [6.45, 7) is 3.58. The molecule has 0 aliphatic heterocycles. The van der Waals surface area contributed by atoms with Crippen LogP contribution < -0.4 is 0 Å². The first-order valence-electron chi connectivity index (χ1n) is 4.83. The summed E-state index contributed by atoms with van der Waals surface area (Å²) in [6.07, 6.45) is 0.298. The minimum atomic E-state index is -1.26. The maximum Gasteiger partial charge on any atom is 0.391 e. The molecule has 90 valence electrons. The summed E-state index contributed by atoms with van der Waals surface area (Å²) in [7, 11) is 1.31. The summed E-state index contributed by atoms with van der Waals surface area (Å²) < 4.78 is 17.6. The number of hydrogen-bond donors (Lipinski definition) is 1. The Labute approximate surface area is 98.1 Å². The Balaban J connectivity index is 2.61. The molecule has 0 aliphatic carbocycles. The topological polar surface area (TPSA) is 58.9 Å². The lowest BCUT2D eigenvalue weighted by molar-refractivity contribution is -0.130. The zero-order valence-corrected chi connectivity index (χ0v) is 9.31. The average Bonchev–Trinajstić information content (AvgIpc) is 2.28. The molecule has 1 aromatic rings. The van der Waals surface area contributed by atoms with Gasteiger partial charge in [-0.1, -0.05) is 18.7 Å². The fraction of sp³-hybridized carbons (Fsp3) is 0.167. The van der Waals surface area contributed by atoms with Crippen molar-refractivity contribution in [2.45, 2.75) is 6.42 Å². The maximum absolute atomic E-state index is 12.6. The SMILES string of the molecule is C=C(Cc1ccc(F)cc1)O/C(=N\C)C(=O)O. The van der Waals surface area contributed by atoms with Crippen molar-refractivity contribution in [3.63, 3.8) is 0 Å². The van der Waals surface area contributed by atoms with Crippen LogP contribution in [0.15, 0.2) is 41.6 Å². The number of carboxylic acids is 1. The number of benzene rings is 1. The molecule has 0 amide bonds. The highest BCUT2D eigenvalue weighted by atomic mass is 19.1. The third-order valence-electron chi connectivity index (χ3n) is 1.94. The number of allylic oxidation sites excluding steroid dienone is 1. The molecule has 0 fully saturated rings. The highest BCUT2D eigenvalue weighted by Gasteiger charge is 2.11. The van der Waals surface area contributed by atoms with Crippen molar-refractivity contribution in [2.75, 3.05) is 7.05 Å². The van der Waals surface area contributed by atoms with Gasteiger partial charge < -0.3 is 9.84 Å². The van der Waals surface area contributed by atoms with E-state index in [9.17, 15) is 9.18 Å². The number of rotatable bonds is 3. The van der Waals surface area contributed by atoms with Gasteiger partial charge in [-0.15, -0.1) is 0 Å². The Bertz CT molecular complexity index is 451. The van der Waals surface area contributed by atoms with Gasteiger partial charge in [-0.3, -0.25) is 0 Å². The van der Waals surface area contributed by atoms with E-state index in [0.717, 1.165) is 5.56 Å². The molecule has 4 nitrogen and oxygen atoms in total. The van der Waals surface area contributed by atoms with Crippen molar-refractivity contribution in [1.29, 1.82) is 0 Å². The van der Waals surface area contributed by atoms with E-state index in [-0.39, 0.29) is 11.6 Å². The highest BCUT2D eigenvalue weighted by Crippen LogP contribution is 2.09. The lowest BCUT2D eigenvalue weighted by Gasteiger charge is -2.07. The van der Waals surface area contributed by atoms with Crippen LogP contribution in [0.4, 0.5) is 4.39 Å². The van der Waals surface area contributed by atoms with Gasteiger partial charge in [-0.05, 0) is 17.7 Å². The average molecular weight is 237 g/mol. The molecule has 0 bridgehead atoms. The summed E-state index contributed by atoms with van der Waals surface area (Å²) >= 11 is 0. The van der Waals surface area contributed by atoms with Crippen molar-refractivity contribution in [2.24, 2.45) is 4.99 Å². The van der Waals surface area contributed by atoms with E-state index in [1.807, 2.05) is 0 Å². The third-order valence-corrected chi connectivity index (χ3v) is 1.94. The van der Waals surface area contributed by atoms with Crippen molar-refractivity contribution in [3.05, 3.63) is 48.0 Å². The minimum absolute atomic E-state index is 0.236. The predicted octanol–water partition coefficient (Wildman–Crippen LogP) is 2.01. The lowest BCUT2D eigenvalue weighted by Crippen LogP contribution is -2.17. The molecule has 0 aromatic heterocycles. The largest absolute Gasteiger partial charge is 0.474 e. The van der Waals surface area contributed by atoms with Crippen molar-refractivity contribution in [3.8, 4) is 0 Å². The van der Waals surface area contributed by atoms with E-state index < -0.39 is 11.9 Å². The molecular weight excluding hydrogens is 225 g/mol. The van der Waals surface area contributed by atoms with Crippen LogP contribution in [0.1, 0.15) is 5.56 Å². The quantitative estimate of drug-likeness (QED) is 0.497. The van der Waals surface area contributed by atoms with E-state index in [2.05, 4.69) is 11.6 Å². The summed E-state index contributed by atoms with van der Waals surface area (Å²) in [6, 6.07) is 5.78. The summed E-state index contributed by atoms with van der Waals surface area (Å²) in [5.41, 5.74) is 0.775. The van der Waals surface area contributed by atoms with Crippen LogP contribution in [0.5, 0.6) is 0 Å². The van der Waals surface area contributed by atoms with E-state index in [1.165, 1.54) is 19.2 Å². The first kappa shape index (κ1) is 12.9. The number of carbonyl (C=O) groups is 1. The Morgan fingerprint density at radius 2 is 2.06 bits per heavy atom. The minimum Gasteiger partial charge on any atom is -0.474 e. The Morgan fingerprint density at radius 1 is 1.47 bits per heavy atom. The van der Waals surface area contributed by atoms with Gasteiger partial charge in [0.1, 0.15) is 11.6 Å². The molecule has 0 atom stereocenters. The first-order chi connectivity index (χ1) is 8.02. The zero-order valence-electron chi connectivity index (χ0n) is 9.31. The fourth-order valence-electron chi connectivity index (χ4n) is 1.19. The fourth-order valence-corrected chi connectivity index (χ4v) is 1.19. The van der Waals surface area contributed by atoms with Crippen LogP contribution in [-0.4, -0.2) is 24.0 Å². The van der Waals surface area contributed by atoms with E-state index in [1.54, 1.807) is 12.1 Å². The molecule has 1 rings (SSSR count). The molecule has 17 heavy (non-hydrogen) atoms. The Hall–Kier alpha value is -2.17. The molecule has 0 spiro atoms. The van der Waals surface area contributed by atoms with Gasteiger partial charge in [0.25, 0.3) is 0 Å². The van der Waals surface area contributed by atoms with Crippen LogP contribution in [-0.2, 0) is 16.0 Å². The molecule has 5 heteroatoms. The van der Waals surface area contributed by atoms with E-state index in [0.29, 0.717) is 6.42 Å². The molecule has 0 saturated carbocycles. The van der Waals surface area contributed by atoms with Gasteiger partial charge in [0, 0.05) is 13.5 Å². The Morgan fingerprint density at radius 3 is 2.53 bits per heavy atom. The second-order valence-electron chi connectivity index (χ2n) is 3.28. The first-order valence-corrected chi connectivity index (χ1v) is 4.83. The summed E-state index contributed by atoms with van der Waals surface area (Å²) in [5.74, 6) is -1.77. The van der Waals surface area contributed by atoms with Crippen LogP contribution in [0.25, 0.3) is 0 Å². The van der Waals surface area contributed by atoms with Gasteiger partial charge in [0.15, 0.2) is 0 Å². The monoisotopic (exact) mass is 237 g/mol. The maximum atomic E-state index is 12.6. The van der Waals surface area contributed by atoms with Crippen LogP contribution in [0.2, 0.25) is 0 Å². The summed E-state index contributed by atoms with van der Waals surface area (Å²) in [5, 5.41) is 8.68. The molecule has 0 heterocycles. The number of nitrogens with zero attached hydrogens (tertiary/aromatic N) is 1. The van der Waals surface area contributed by atoms with Crippen LogP contribution in [0, 0.1) is 5.82 Å². The Kier molecular flexibility index (Phi) is 4.39. The molecule has 1 aromatic carbocycles. The molecule has 0 unspecified atom stereocenters. The van der Waals surface area contributed by atoms with E-state index >= 15 is 0 Å². The molecule has 0 aliphatic rings. The van der Waals surface area contributed by atoms with Gasteiger partial charge in [0.05, 0.1) is 0 Å². The second kappa shape index (κ2) is 5.79. The van der Waals surface area contributed by atoms with Gasteiger partial charge in [0.2, 0.25) is 0 Å². The van der Waals surface area contributed by atoms with Gasteiger partial charge >= 0.3 is 11.9 Å². The van der Waals surface area contributed by atoms with Crippen molar-refractivity contribution < 1.29 is 19.0 Å². The van der Waals surface area contributed by atoms with Gasteiger partial charge in [-0.25, -0.2) is 14.2 Å². The molecular formula is C12H12FNO3. The molecule has 0 radical (unpaired) electrons. The van der Waals surface area contributed by atoms with Crippen molar-refractivity contribution >= 4 is 11.9 Å². The number of hydrogen-bond acceptors (Lipinski definition) is 3. The highest BCUT2D eigenvalue weighted by molar-refractivity contribution is 6.31. The molecule has 1 N–H and O–H groups in total. The smallest absolute Gasteiger partial charge is 0.391 e. The number of carboxylic acid groups (broad SMARTS) is 1. The normalized spacial score (nSPS) is 11.1. The standard InChI is InChI=1S/C12H12FNO3/c1-8(17-11(14-2)12(15)16)7-9-3-5-10(13)6-4-9/h3-6H,1,7H2,2H3,(H,15,16)/b14-11-. The number of ether oxygens (including phenoxy) is 1. The van der Waals surface area contributed by atoms with Crippen molar-refractivity contribution in [1.82, 2.24) is 0 Å². The number of halogens is 1. The number of aliphatic imine (C=N–C) groups is 1. The van der Waals surface area contributed by atoms with E-state index in [4.69, 9.17) is 9.84 Å². The van der Waals surface area contributed by atoms with Crippen LogP contribution in [0.3, 0.4) is 0 Å². The number of aliphatic carboxylic acids is 1. The summed E-state index contributed by atoms with van der Waals surface area (Å²) in [4.78, 5) is 14.1.